The first-order valence-electron chi connectivity index (χ1n) is 8.80. The Morgan fingerprint density at radius 3 is 2.66 bits per heavy atom. The molecule has 29 heavy (non-hydrogen) atoms. The summed E-state index contributed by atoms with van der Waals surface area (Å²) in [5.74, 6) is -2.40. The molecule has 1 N–H and O–H groups in total. The van der Waals surface area contributed by atoms with Crippen molar-refractivity contribution in [2.24, 2.45) is 0 Å². The number of anilines is 1. The highest BCUT2D eigenvalue weighted by Gasteiger charge is 2.32. The lowest BCUT2D eigenvalue weighted by Crippen LogP contribution is -2.52. The topological polar surface area (TPSA) is 54.5 Å². The number of aromatic nitrogens is 1. The van der Waals surface area contributed by atoms with E-state index in [1.807, 2.05) is 0 Å². The third-order valence-corrected chi connectivity index (χ3v) is 4.49. The van der Waals surface area contributed by atoms with Crippen molar-refractivity contribution in [3.63, 3.8) is 0 Å². The van der Waals surface area contributed by atoms with Crippen molar-refractivity contribution in [2.45, 2.75) is 31.9 Å². The first-order valence-corrected chi connectivity index (χ1v) is 8.80. The maximum atomic E-state index is 14.4. The standard InChI is InChI=1S/C19H18F5N3O2/c1-11(28)26-16-5-7-27(10-15(16)21)13-4-6-25-17(9-13)12-2-3-18(14(20)8-12)29-19(22,23)24/h2-4,6,8-9,15-16H,5,7,10H2,1H3,(H,26,28)/t15-,16+/m1/s1. The number of benzene rings is 1. The van der Waals surface area contributed by atoms with Gasteiger partial charge in [-0.3, -0.25) is 9.78 Å². The molecule has 2 heterocycles. The summed E-state index contributed by atoms with van der Waals surface area (Å²) in [4.78, 5) is 17.0. The maximum absolute atomic E-state index is 14.4. The van der Waals surface area contributed by atoms with Gasteiger partial charge in [-0.1, -0.05) is 0 Å². The van der Waals surface area contributed by atoms with Crippen molar-refractivity contribution in [1.82, 2.24) is 10.3 Å². The Labute approximate surface area is 163 Å². The maximum Gasteiger partial charge on any atom is 0.573 e. The average molecular weight is 415 g/mol. The van der Waals surface area contributed by atoms with Crippen LogP contribution in [-0.2, 0) is 4.79 Å². The molecule has 2 aromatic rings. The summed E-state index contributed by atoms with van der Waals surface area (Å²) in [6.45, 7) is 1.88. The zero-order chi connectivity index (χ0) is 21.2. The molecular weight excluding hydrogens is 397 g/mol. The van der Waals surface area contributed by atoms with Crippen molar-refractivity contribution in [2.75, 3.05) is 18.0 Å². The van der Waals surface area contributed by atoms with Crippen LogP contribution in [0.2, 0.25) is 0 Å². The smallest absolute Gasteiger partial charge is 0.403 e. The Kier molecular flexibility index (Phi) is 5.90. The van der Waals surface area contributed by atoms with E-state index in [4.69, 9.17) is 0 Å². The number of hydrogen-bond acceptors (Lipinski definition) is 4. The van der Waals surface area contributed by atoms with Crippen LogP contribution in [0.15, 0.2) is 36.5 Å². The van der Waals surface area contributed by atoms with Crippen LogP contribution in [0.4, 0.5) is 27.6 Å². The quantitative estimate of drug-likeness (QED) is 0.772. The van der Waals surface area contributed by atoms with Crippen LogP contribution in [0.3, 0.4) is 0 Å². The van der Waals surface area contributed by atoms with Gasteiger partial charge in [0.25, 0.3) is 0 Å². The second-order valence-electron chi connectivity index (χ2n) is 6.65. The molecule has 0 unspecified atom stereocenters. The van der Waals surface area contributed by atoms with Crippen molar-refractivity contribution in [3.8, 4) is 17.0 Å². The zero-order valence-electron chi connectivity index (χ0n) is 15.3. The fourth-order valence-corrected chi connectivity index (χ4v) is 3.20. The Morgan fingerprint density at radius 1 is 1.28 bits per heavy atom. The highest BCUT2D eigenvalue weighted by molar-refractivity contribution is 5.73. The highest BCUT2D eigenvalue weighted by Crippen LogP contribution is 2.31. The Bertz CT molecular complexity index is 890. The molecule has 1 aliphatic heterocycles. The fraction of sp³-hybridized carbons (Fsp3) is 0.368. The molecule has 0 aliphatic carbocycles. The molecule has 0 bridgehead atoms. The number of ether oxygens (including phenoxy) is 1. The Balaban J connectivity index is 1.77. The van der Waals surface area contributed by atoms with Gasteiger partial charge in [0.2, 0.25) is 5.91 Å². The monoisotopic (exact) mass is 415 g/mol. The number of hydrogen-bond donors (Lipinski definition) is 1. The molecular formula is C19H18F5N3O2. The number of nitrogens with zero attached hydrogens (tertiary/aromatic N) is 2. The summed E-state index contributed by atoms with van der Waals surface area (Å²) >= 11 is 0. The largest absolute Gasteiger partial charge is 0.573 e. The Hall–Kier alpha value is -2.91. The molecule has 1 fully saturated rings. The molecule has 0 spiro atoms. The summed E-state index contributed by atoms with van der Waals surface area (Å²) < 4.78 is 68.8. The summed E-state index contributed by atoms with van der Waals surface area (Å²) in [6, 6.07) is 5.74. The molecule has 10 heteroatoms. The number of carbonyl (C=O) groups excluding carboxylic acids is 1. The lowest BCUT2D eigenvalue weighted by atomic mass is 10.0. The Morgan fingerprint density at radius 2 is 2.03 bits per heavy atom. The molecule has 5 nitrogen and oxygen atoms in total. The summed E-state index contributed by atoms with van der Waals surface area (Å²) in [5.41, 5.74) is 1.21. The lowest BCUT2D eigenvalue weighted by Gasteiger charge is -2.36. The average Bonchev–Trinajstić information content (AvgIpc) is 2.64. The number of amides is 1. The lowest BCUT2D eigenvalue weighted by molar-refractivity contribution is -0.275. The minimum Gasteiger partial charge on any atom is -0.403 e. The van der Waals surface area contributed by atoms with E-state index in [1.54, 1.807) is 17.0 Å². The summed E-state index contributed by atoms with van der Waals surface area (Å²) in [5, 5.41) is 2.58. The second kappa shape index (κ2) is 8.22. The van der Waals surface area contributed by atoms with E-state index in [0.717, 1.165) is 12.1 Å². The van der Waals surface area contributed by atoms with Gasteiger partial charge in [0.15, 0.2) is 11.6 Å². The van der Waals surface area contributed by atoms with Crippen molar-refractivity contribution < 1.29 is 31.5 Å². The van der Waals surface area contributed by atoms with Crippen LogP contribution in [-0.4, -0.2) is 42.6 Å². The van der Waals surface area contributed by atoms with E-state index in [9.17, 15) is 26.7 Å². The zero-order valence-corrected chi connectivity index (χ0v) is 15.3. The summed E-state index contributed by atoms with van der Waals surface area (Å²) in [6.07, 6.45) is -4.39. The second-order valence-corrected chi connectivity index (χ2v) is 6.65. The molecule has 156 valence electrons. The molecule has 0 saturated carbocycles. The van der Waals surface area contributed by atoms with Crippen molar-refractivity contribution in [3.05, 3.63) is 42.3 Å². The number of alkyl halides is 4. The van der Waals surface area contributed by atoms with Crippen LogP contribution in [0, 0.1) is 5.82 Å². The number of nitrogens with one attached hydrogen (secondary N) is 1. The minimum atomic E-state index is -4.99. The predicted octanol–water partition coefficient (Wildman–Crippen LogP) is 3.84. The number of carbonyl (C=O) groups is 1. The molecule has 2 atom stereocenters. The van der Waals surface area contributed by atoms with Gasteiger partial charge < -0.3 is 15.0 Å². The fourth-order valence-electron chi connectivity index (χ4n) is 3.20. The van der Waals surface area contributed by atoms with Gasteiger partial charge in [-0.2, -0.15) is 0 Å². The third-order valence-electron chi connectivity index (χ3n) is 4.49. The highest BCUT2D eigenvalue weighted by atomic mass is 19.4. The van der Waals surface area contributed by atoms with Gasteiger partial charge >= 0.3 is 6.36 Å². The molecule has 3 rings (SSSR count). The van der Waals surface area contributed by atoms with E-state index >= 15 is 0 Å². The van der Waals surface area contributed by atoms with E-state index in [1.165, 1.54) is 19.2 Å². The van der Waals surface area contributed by atoms with Gasteiger partial charge in [-0.25, -0.2) is 8.78 Å². The van der Waals surface area contributed by atoms with E-state index < -0.39 is 30.1 Å². The normalized spacial score (nSPS) is 19.7. The van der Waals surface area contributed by atoms with Crippen LogP contribution in [0.5, 0.6) is 5.75 Å². The number of rotatable bonds is 4. The molecule has 0 radical (unpaired) electrons. The number of halogens is 5. The molecule has 1 aromatic heterocycles. The number of piperidine rings is 1. The minimum absolute atomic E-state index is 0.0567. The van der Waals surface area contributed by atoms with Gasteiger partial charge in [-0.05, 0) is 36.8 Å². The van der Waals surface area contributed by atoms with Crippen LogP contribution in [0.25, 0.3) is 11.3 Å². The van der Waals surface area contributed by atoms with E-state index in [0.29, 0.717) is 24.3 Å². The predicted molar refractivity (Wildman–Crippen MR) is 95.6 cm³/mol. The molecule has 1 saturated heterocycles. The first-order chi connectivity index (χ1) is 13.6. The summed E-state index contributed by atoms with van der Waals surface area (Å²) in [7, 11) is 0. The van der Waals surface area contributed by atoms with Crippen molar-refractivity contribution >= 4 is 11.6 Å². The molecule has 1 aliphatic rings. The van der Waals surface area contributed by atoms with Crippen LogP contribution >= 0.6 is 0 Å². The SMILES string of the molecule is CC(=O)N[C@H]1CCN(c2ccnc(-c3ccc(OC(F)(F)F)c(F)c3)c2)C[C@H]1F. The third kappa shape index (κ3) is 5.33. The van der Waals surface area contributed by atoms with Crippen LogP contribution < -0.4 is 15.0 Å². The number of pyridine rings is 1. The van der Waals surface area contributed by atoms with Crippen molar-refractivity contribution in [1.29, 1.82) is 0 Å². The first kappa shape index (κ1) is 20.8. The molecule has 1 amide bonds. The van der Waals surface area contributed by atoms with Gasteiger partial charge in [0.05, 0.1) is 18.3 Å². The molecule has 1 aromatic carbocycles. The van der Waals surface area contributed by atoms with Gasteiger partial charge in [0.1, 0.15) is 6.17 Å². The van der Waals surface area contributed by atoms with E-state index in [2.05, 4.69) is 15.0 Å². The van der Waals surface area contributed by atoms with E-state index in [-0.39, 0.29) is 18.0 Å². The van der Waals surface area contributed by atoms with Gasteiger partial charge in [-0.15, -0.1) is 13.2 Å². The van der Waals surface area contributed by atoms with Crippen LogP contribution in [0.1, 0.15) is 13.3 Å². The van der Waals surface area contributed by atoms with Gasteiger partial charge in [0, 0.05) is 30.9 Å².